The molecule has 1 aromatic carbocycles. The number of Topliss-reactive ketones (excluding diaryl/α,β-unsaturated/α-hetero) is 1. The van der Waals surface area contributed by atoms with Crippen LogP contribution in [-0.4, -0.2) is 46.8 Å². The number of aliphatic hydroxyl groups excluding tert-OH is 2. The second kappa shape index (κ2) is 11.4. The molecule has 1 fully saturated rings. The van der Waals surface area contributed by atoms with E-state index in [0.29, 0.717) is 31.2 Å². The van der Waals surface area contributed by atoms with E-state index < -0.39 is 6.10 Å². The largest absolute Gasteiger partial charge is 0.469 e. The predicted molar refractivity (Wildman–Crippen MR) is 126 cm³/mol. The van der Waals surface area contributed by atoms with Crippen molar-refractivity contribution >= 4 is 11.8 Å². The number of ketones is 1. The van der Waals surface area contributed by atoms with Gasteiger partial charge in [0, 0.05) is 36.8 Å². The second-order valence-electron chi connectivity index (χ2n) is 9.06. The third kappa shape index (κ3) is 5.88. The van der Waals surface area contributed by atoms with Crippen LogP contribution in [0.2, 0.25) is 0 Å². The maximum Gasteiger partial charge on any atom is 0.305 e. The first-order valence-electron chi connectivity index (χ1n) is 11.6. The number of hydrogen-bond acceptors (Lipinski definition) is 7. The Morgan fingerprint density at radius 3 is 2.65 bits per heavy atom. The first-order valence-corrected chi connectivity index (χ1v) is 11.6. The fourth-order valence-corrected chi connectivity index (χ4v) is 5.02. The molecule has 2 unspecified atom stereocenters. The van der Waals surface area contributed by atoms with Crippen LogP contribution in [0.4, 0.5) is 0 Å². The van der Waals surface area contributed by atoms with Crippen LogP contribution in [0.1, 0.15) is 52.0 Å². The van der Waals surface area contributed by atoms with Crippen molar-refractivity contribution in [3.05, 3.63) is 63.5 Å². The second-order valence-corrected chi connectivity index (χ2v) is 9.06. The summed E-state index contributed by atoms with van der Waals surface area (Å²) in [6, 6.07) is 9.61. The highest BCUT2D eigenvalue weighted by atomic mass is 16.5. The average Bonchev–Trinajstić information content (AvgIpc) is 3.06. The minimum atomic E-state index is -0.734. The summed E-state index contributed by atoms with van der Waals surface area (Å²) >= 11 is 0. The van der Waals surface area contributed by atoms with Crippen LogP contribution >= 0.6 is 0 Å². The molecule has 0 aliphatic heterocycles. The molecular formula is C27H32N2O5. The van der Waals surface area contributed by atoms with Gasteiger partial charge in [0.15, 0.2) is 0 Å². The minimum absolute atomic E-state index is 0.0357. The molecule has 3 rings (SSSR count). The smallest absolute Gasteiger partial charge is 0.305 e. The van der Waals surface area contributed by atoms with Gasteiger partial charge in [-0.2, -0.15) is 5.26 Å². The maximum atomic E-state index is 12.8. The van der Waals surface area contributed by atoms with E-state index in [9.17, 15) is 25.1 Å². The number of aliphatic hydroxyl groups is 2. The Kier molecular flexibility index (Phi) is 8.54. The van der Waals surface area contributed by atoms with E-state index in [1.54, 1.807) is 6.07 Å². The normalized spacial score (nSPS) is 19.8. The van der Waals surface area contributed by atoms with Crippen LogP contribution in [0.3, 0.4) is 0 Å². The van der Waals surface area contributed by atoms with E-state index in [0.717, 1.165) is 33.6 Å². The summed E-state index contributed by atoms with van der Waals surface area (Å²) < 4.78 is 4.71. The van der Waals surface area contributed by atoms with Gasteiger partial charge in [0.05, 0.1) is 24.8 Å². The number of benzene rings is 1. The van der Waals surface area contributed by atoms with Crippen LogP contribution in [-0.2, 0) is 40.0 Å². The Morgan fingerprint density at radius 1 is 1.24 bits per heavy atom. The third-order valence-electron chi connectivity index (χ3n) is 6.82. The number of nitrogens with zero attached hydrogens (tertiary/aromatic N) is 2. The maximum absolute atomic E-state index is 12.8. The lowest BCUT2D eigenvalue weighted by atomic mass is 9.84. The summed E-state index contributed by atoms with van der Waals surface area (Å²) in [6.07, 6.45) is 1.46. The van der Waals surface area contributed by atoms with Gasteiger partial charge in [-0.05, 0) is 79.8 Å². The number of carbonyl (C=O) groups excluding carboxylic acids is 2. The summed E-state index contributed by atoms with van der Waals surface area (Å²) in [7, 11) is 1.33. The Balaban J connectivity index is 1.81. The number of esters is 1. The van der Waals surface area contributed by atoms with E-state index in [-0.39, 0.29) is 43.0 Å². The highest BCUT2D eigenvalue weighted by molar-refractivity contribution is 5.84. The van der Waals surface area contributed by atoms with Crippen LogP contribution in [0.5, 0.6) is 0 Å². The zero-order valence-electron chi connectivity index (χ0n) is 20.0. The number of nitriles is 1. The van der Waals surface area contributed by atoms with Crippen molar-refractivity contribution in [1.29, 1.82) is 5.26 Å². The van der Waals surface area contributed by atoms with E-state index in [1.165, 1.54) is 7.11 Å². The first kappa shape index (κ1) is 25.5. The van der Waals surface area contributed by atoms with Gasteiger partial charge >= 0.3 is 5.97 Å². The van der Waals surface area contributed by atoms with Gasteiger partial charge in [-0.15, -0.1) is 0 Å². The number of rotatable bonds is 9. The molecule has 0 saturated heterocycles. The lowest BCUT2D eigenvalue weighted by Gasteiger charge is -2.22. The molecule has 2 N–H and O–H groups in total. The van der Waals surface area contributed by atoms with E-state index in [2.05, 4.69) is 11.1 Å². The van der Waals surface area contributed by atoms with Gasteiger partial charge < -0.3 is 14.9 Å². The zero-order valence-corrected chi connectivity index (χ0v) is 20.0. The Bertz CT molecular complexity index is 1080. The quantitative estimate of drug-likeness (QED) is 0.547. The molecule has 3 atom stereocenters. The molecule has 0 spiro atoms. The Hall–Kier alpha value is -3.08. The lowest BCUT2D eigenvalue weighted by molar-refractivity contribution is -0.140. The SMILES string of the molecule is COC(=O)CCc1cc(C[C@H]2C(O)CC(=O)C2Cc2cc(C)c(CCO)c(C)n2)ccc1C#N. The van der Waals surface area contributed by atoms with Crippen LogP contribution in [0.25, 0.3) is 0 Å². The van der Waals surface area contributed by atoms with Gasteiger partial charge in [-0.25, -0.2) is 0 Å². The molecule has 0 radical (unpaired) electrons. The van der Waals surface area contributed by atoms with E-state index >= 15 is 0 Å². The fraction of sp³-hybridized carbons (Fsp3) is 0.481. The molecule has 1 aromatic heterocycles. The zero-order chi connectivity index (χ0) is 24.8. The van der Waals surface area contributed by atoms with Gasteiger partial charge in [0.25, 0.3) is 0 Å². The molecule has 0 bridgehead atoms. The number of pyridine rings is 1. The van der Waals surface area contributed by atoms with Crippen LogP contribution < -0.4 is 0 Å². The Labute approximate surface area is 200 Å². The van der Waals surface area contributed by atoms with Gasteiger partial charge in [-0.1, -0.05) is 12.1 Å². The summed E-state index contributed by atoms with van der Waals surface area (Å²) in [5.74, 6) is -0.907. The minimum Gasteiger partial charge on any atom is -0.469 e. The van der Waals surface area contributed by atoms with E-state index in [1.807, 2.05) is 32.0 Å². The van der Waals surface area contributed by atoms with Crippen molar-refractivity contribution in [3.8, 4) is 6.07 Å². The summed E-state index contributed by atoms with van der Waals surface area (Å²) in [5.41, 5.74) is 5.92. The van der Waals surface area contributed by atoms with Crippen LogP contribution in [0.15, 0.2) is 24.3 Å². The lowest BCUT2D eigenvalue weighted by Crippen LogP contribution is -2.25. The number of ether oxygens (including phenoxy) is 1. The number of hydrogen-bond donors (Lipinski definition) is 2. The summed E-state index contributed by atoms with van der Waals surface area (Å²) in [6.45, 7) is 3.96. The molecule has 1 saturated carbocycles. The average molecular weight is 465 g/mol. The number of aromatic nitrogens is 1. The highest BCUT2D eigenvalue weighted by Gasteiger charge is 2.41. The van der Waals surface area contributed by atoms with Crippen molar-refractivity contribution in [3.63, 3.8) is 0 Å². The summed E-state index contributed by atoms with van der Waals surface area (Å²) in [4.78, 5) is 29.0. The number of carbonyl (C=O) groups is 2. The number of methoxy groups -OCH3 is 1. The topological polar surface area (TPSA) is 121 Å². The monoisotopic (exact) mass is 464 g/mol. The van der Waals surface area contributed by atoms with Gasteiger partial charge in [0.1, 0.15) is 5.78 Å². The molecule has 1 heterocycles. The van der Waals surface area contributed by atoms with Crippen molar-refractivity contribution in [1.82, 2.24) is 4.98 Å². The molecule has 34 heavy (non-hydrogen) atoms. The molecule has 0 amide bonds. The van der Waals surface area contributed by atoms with Crippen molar-refractivity contribution < 1.29 is 24.5 Å². The van der Waals surface area contributed by atoms with E-state index in [4.69, 9.17) is 4.74 Å². The summed E-state index contributed by atoms with van der Waals surface area (Å²) in [5, 5.41) is 29.4. The van der Waals surface area contributed by atoms with Crippen molar-refractivity contribution in [2.24, 2.45) is 11.8 Å². The molecule has 180 valence electrons. The van der Waals surface area contributed by atoms with Gasteiger partial charge in [0.2, 0.25) is 0 Å². The standard InChI is InChI=1S/C27H32N2O5/c1-16-10-21(29-17(2)22(16)8-9-30)13-24-23(25(31)14-26(24)32)12-18-4-5-20(15-28)19(11-18)6-7-27(33)34-3/h4-5,10-11,23-25,30-31H,6-9,12-14H2,1-3H3/t23-,24?,25?/m1/s1. The molecule has 1 aliphatic rings. The predicted octanol–water partition coefficient (Wildman–Crippen LogP) is 2.56. The molecule has 1 aliphatic carbocycles. The van der Waals surface area contributed by atoms with Crippen molar-refractivity contribution in [2.75, 3.05) is 13.7 Å². The molecular weight excluding hydrogens is 432 g/mol. The van der Waals surface area contributed by atoms with Crippen LogP contribution in [0, 0.1) is 37.0 Å². The fourth-order valence-electron chi connectivity index (χ4n) is 5.02. The van der Waals surface area contributed by atoms with Crippen molar-refractivity contribution in [2.45, 2.75) is 58.5 Å². The highest BCUT2D eigenvalue weighted by Crippen LogP contribution is 2.35. The number of aryl methyl sites for hydroxylation is 3. The molecule has 7 heteroatoms. The van der Waals surface area contributed by atoms with Gasteiger partial charge in [-0.3, -0.25) is 14.6 Å². The Morgan fingerprint density at radius 2 is 2.00 bits per heavy atom. The molecule has 7 nitrogen and oxygen atoms in total. The first-order chi connectivity index (χ1) is 16.3. The third-order valence-corrected chi connectivity index (χ3v) is 6.82. The molecule has 2 aromatic rings.